The summed E-state index contributed by atoms with van der Waals surface area (Å²) in [5, 5.41) is 12.2. The van der Waals surface area contributed by atoms with Gasteiger partial charge in [0.1, 0.15) is 5.75 Å². The van der Waals surface area contributed by atoms with Crippen molar-refractivity contribution in [2.45, 2.75) is 65.2 Å². The largest absolute Gasteiger partial charge is 0.438 e. The minimum absolute atomic E-state index is 0.0772. The summed E-state index contributed by atoms with van der Waals surface area (Å²) in [5.41, 5.74) is 1.33. The second-order valence-electron chi connectivity index (χ2n) is 8.75. The van der Waals surface area contributed by atoms with Gasteiger partial charge in [0.05, 0.1) is 17.5 Å². The van der Waals surface area contributed by atoms with E-state index >= 15 is 0 Å². The summed E-state index contributed by atoms with van der Waals surface area (Å²) in [6.07, 6.45) is 8.44. The summed E-state index contributed by atoms with van der Waals surface area (Å²) in [7, 11) is -3.70. The molecule has 0 atom stereocenters. The molecule has 35 heavy (non-hydrogen) atoms. The maximum atomic E-state index is 12.4. The SMILES string of the molecule is CCCCCCCCS(=O)(=O)NC(=O)c1cnn(-c2ccc(Oc3ccc(C(C)C)cc3)nn2)c1. The Labute approximate surface area is 207 Å². The van der Waals surface area contributed by atoms with E-state index in [0.29, 0.717) is 29.8 Å². The Bertz CT molecular complexity index is 1190. The number of aromatic nitrogens is 4. The van der Waals surface area contributed by atoms with Crippen LogP contribution in [0.4, 0.5) is 0 Å². The lowest BCUT2D eigenvalue weighted by molar-refractivity contribution is 0.0981. The van der Waals surface area contributed by atoms with Crippen molar-refractivity contribution in [3.05, 3.63) is 59.9 Å². The summed E-state index contributed by atoms with van der Waals surface area (Å²) < 4.78 is 33.6. The average molecular weight is 500 g/mol. The van der Waals surface area contributed by atoms with Crippen LogP contribution >= 0.6 is 0 Å². The smallest absolute Gasteiger partial charge is 0.267 e. The lowest BCUT2D eigenvalue weighted by Gasteiger charge is -2.08. The molecular formula is C25H33N5O4S. The van der Waals surface area contributed by atoms with Crippen LogP contribution in [0.3, 0.4) is 0 Å². The second-order valence-corrected chi connectivity index (χ2v) is 10.6. The Morgan fingerprint density at radius 1 is 1.00 bits per heavy atom. The van der Waals surface area contributed by atoms with Gasteiger partial charge < -0.3 is 4.74 Å². The fourth-order valence-corrected chi connectivity index (χ4v) is 4.51. The van der Waals surface area contributed by atoms with Gasteiger partial charge in [0.15, 0.2) is 5.82 Å². The van der Waals surface area contributed by atoms with E-state index in [-0.39, 0.29) is 11.3 Å². The van der Waals surface area contributed by atoms with E-state index in [9.17, 15) is 13.2 Å². The molecule has 0 aliphatic heterocycles. The van der Waals surface area contributed by atoms with Gasteiger partial charge in [-0.05, 0) is 36.1 Å². The monoisotopic (exact) mass is 499 g/mol. The molecular weight excluding hydrogens is 466 g/mol. The topological polar surface area (TPSA) is 116 Å². The highest BCUT2D eigenvalue weighted by molar-refractivity contribution is 7.90. The van der Waals surface area contributed by atoms with Gasteiger partial charge in [-0.1, -0.05) is 65.0 Å². The number of unbranched alkanes of at least 4 members (excludes halogenated alkanes) is 5. The standard InChI is InChI=1S/C25H33N5O4S/c1-4-5-6-7-8-9-16-35(32,33)29-25(31)21-17-26-30(18-21)23-14-15-24(28-27-23)34-22-12-10-20(11-13-22)19(2)3/h10-15,17-19H,4-9,16H2,1-3H3,(H,29,31). The predicted octanol–water partition coefficient (Wildman–Crippen LogP) is 5.00. The van der Waals surface area contributed by atoms with Crippen molar-refractivity contribution in [3.63, 3.8) is 0 Å². The van der Waals surface area contributed by atoms with Crippen LogP contribution in [-0.2, 0) is 10.0 Å². The molecule has 0 aliphatic carbocycles. The lowest BCUT2D eigenvalue weighted by Crippen LogP contribution is -2.32. The van der Waals surface area contributed by atoms with Crippen molar-refractivity contribution in [2.24, 2.45) is 0 Å². The number of hydrogen-bond acceptors (Lipinski definition) is 7. The van der Waals surface area contributed by atoms with Crippen molar-refractivity contribution in [2.75, 3.05) is 5.75 Å². The van der Waals surface area contributed by atoms with Crippen LogP contribution in [0.1, 0.15) is 81.1 Å². The molecule has 0 fully saturated rings. The number of nitrogens with zero attached hydrogens (tertiary/aromatic N) is 4. The van der Waals surface area contributed by atoms with Gasteiger partial charge in [-0.2, -0.15) is 5.10 Å². The minimum atomic E-state index is -3.70. The molecule has 10 heteroatoms. The lowest BCUT2D eigenvalue weighted by atomic mass is 10.0. The molecule has 0 aliphatic rings. The van der Waals surface area contributed by atoms with Crippen LogP contribution in [0.25, 0.3) is 5.82 Å². The van der Waals surface area contributed by atoms with Crippen molar-refractivity contribution in [1.82, 2.24) is 24.7 Å². The molecule has 3 rings (SSSR count). The van der Waals surface area contributed by atoms with E-state index in [0.717, 1.165) is 32.1 Å². The zero-order chi connectivity index (χ0) is 25.3. The Hall–Kier alpha value is -3.27. The van der Waals surface area contributed by atoms with Crippen LogP contribution in [-0.4, -0.2) is 40.1 Å². The second kappa shape index (κ2) is 12.4. The molecule has 1 amide bonds. The predicted molar refractivity (Wildman–Crippen MR) is 134 cm³/mol. The van der Waals surface area contributed by atoms with Crippen LogP contribution in [0.5, 0.6) is 11.6 Å². The average Bonchev–Trinajstić information content (AvgIpc) is 3.32. The number of carbonyl (C=O) groups is 1. The van der Waals surface area contributed by atoms with Gasteiger partial charge in [0.25, 0.3) is 5.91 Å². The zero-order valence-corrected chi connectivity index (χ0v) is 21.3. The van der Waals surface area contributed by atoms with Crippen molar-refractivity contribution in [1.29, 1.82) is 0 Å². The van der Waals surface area contributed by atoms with Crippen LogP contribution in [0.2, 0.25) is 0 Å². The van der Waals surface area contributed by atoms with E-state index < -0.39 is 15.9 Å². The Morgan fingerprint density at radius 2 is 1.71 bits per heavy atom. The van der Waals surface area contributed by atoms with E-state index in [1.807, 2.05) is 24.3 Å². The van der Waals surface area contributed by atoms with Crippen molar-refractivity contribution in [3.8, 4) is 17.4 Å². The maximum Gasteiger partial charge on any atom is 0.267 e. The van der Waals surface area contributed by atoms with Gasteiger partial charge in [0.2, 0.25) is 15.9 Å². The molecule has 1 N–H and O–H groups in total. The molecule has 0 radical (unpaired) electrons. The van der Waals surface area contributed by atoms with Crippen LogP contribution in [0, 0.1) is 0 Å². The van der Waals surface area contributed by atoms with Crippen LogP contribution in [0.15, 0.2) is 48.8 Å². The maximum absolute atomic E-state index is 12.4. The molecule has 3 aromatic rings. The first-order valence-corrected chi connectivity index (χ1v) is 13.6. The summed E-state index contributed by atoms with van der Waals surface area (Å²) in [6, 6.07) is 11.1. The number of nitrogens with one attached hydrogen (secondary N) is 1. The third kappa shape index (κ3) is 8.17. The number of amides is 1. The third-order valence-electron chi connectivity index (χ3n) is 5.49. The van der Waals surface area contributed by atoms with Crippen molar-refractivity contribution < 1.29 is 17.9 Å². The number of ether oxygens (including phenoxy) is 1. The number of rotatable bonds is 13. The molecule has 1 aromatic carbocycles. The first kappa shape index (κ1) is 26.3. The van der Waals surface area contributed by atoms with E-state index in [4.69, 9.17) is 4.74 Å². The molecule has 0 bridgehead atoms. The summed E-state index contributed by atoms with van der Waals surface area (Å²) in [5.74, 6) is 0.964. The molecule has 9 nitrogen and oxygen atoms in total. The highest BCUT2D eigenvalue weighted by Crippen LogP contribution is 2.22. The molecule has 2 heterocycles. The fraction of sp³-hybridized carbons (Fsp3) is 0.440. The number of hydrogen-bond donors (Lipinski definition) is 1. The molecule has 188 valence electrons. The summed E-state index contributed by atoms with van der Waals surface area (Å²) in [4.78, 5) is 12.4. The minimum Gasteiger partial charge on any atom is -0.438 e. The third-order valence-corrected chi connectivity index (χ3v) is 6.81. The molecule has 0 spiro atoms. The molecule has 0 unspecified atom stereocenters. The number of carbonyl (C=O) groups excluding carboxylic acids is 1. The Morgan fingerprint density at radius 3 is 2.37 bits per heavy atom. The van der Waals surface area contributed by atoms with Gasteiger partial charge in [0, 0.05) is 12.3 Å². The highest BCUT2D eigenvalue weighted by Gasteiger charge is 2.18. The number of benzene rings is 1. The quantitative estimate of drug-likeness (QED) is 0.329. The van der Waals surface area contributed by atoms with Gasteiger partial charge in [-0.3, -0.25) is 4.79 Å². The molecule has 0 saturated heterocycles. The van der Waals surface area contributed by atoms with Gasteiger partial charge in [-0.15, -0.1) is 10.2 Å². The Kier molecular flexibility index (Phi) is 9.36. The Balaban J connectivity index is 1.54. The van der Waals surface area contributed by atoms with Gasteiger partial charge >= 0.3 is 0 Å². The molecule has 2 aromatic heterocycles. The van der Waals surface area contributed by atoms with E-state index in [1.165, 1.54) is 22.6 Å². The summed E-state index contributed by atoms with van der Waals surface area (Å²) in [6.45, 7) is 6.38. The first-order chi connectivity index (χ1) is 16.8. The van der Waals surface area contributed by atoms with Crippen LogP contribution < -0.4 is 9.46 Å². The highest BCUT2D eigenvalue weighted by atomic mass is 32.2. The van der Waals surface area contributed by atoms with Crippen molar-refractivity contribution >= 4 is 15.9 Å². The van der Waals surface area contributed by atoms with E-state index in [2.05, 4.69) is 40.8 Å². The van der Waals surface area contributed by atoms with E-state index in [1.54, 1.807) is 12.1 Å². The fourth-order valence-electron chi connectivity index (χ4n) is 3.42. The normalized spacial score (nSPS) is 11.5. The number of sulfonamides is 1. The molecule has 0 saturated carbocycles. The first-order valence-electron chi connectivity index (χ1n) is 12.0. The van der Waals surface area contributed by atoms with Gasteiger partial charge in [-0.25, -0.2) is 17.8 Å². The summed E-state index contributed by atoms with van der Waals surface area (Å²) >= 11 is 0. The zero-order valence-electron chi connectivity index (χ0n) is 20.5.